The molecule has 0 N–H and O–H groups in total. The summed E-state index contributed by atoms with van der Waals surface area (Å²) >= 11 is 0. The summed E-state index contributed by atoms with van der Waals surface area (Å²) in [4.78, 5) is 0. The fraction of sp³-hybridized carbons (Fsp3) is 1.00. The molecule has 2 nitrogen and oxygen atoms in total. The smallest absolute Gasteiger partial charge is 0.381 e. The summed E-state index contributed by atoms with van der Waals surface area (Å²) in [5.74, 6) is -11.1. The van der Waals surface area contributed by atoms with Gasteiger partial charge in [-0.1, -0.05) is 0 Å². The van der Waals surface area contributed by atoms with Gasteiger partial charge in [0.2, 0.25) is 0 Å². The average molecular weight is 340 g/mol. The van der Waals surface area contributed by atoms with Crippen LogP contribution < -0.4 is 0 Å². The quantitative estimate of drug-likeness (QED) is 0.452. The third kappa shape index (κ3) is 5.26. The maximum atomic E-state index is 12.9. The van der Waals surface area contributed by atoms with Crippen LogP contribution in [0.2, 0.25) is 0 Å². The zero-order chi connectivity index (χ0) is 16.9. The Balaban J connectivity index is 2.14. The van der Waals surface area contributed by atoms with Crippen molar-refractivity contribution in [3.63, 3.8) is 0 Å². The Morgan fingerprint density at radius 2 is 1.64 bits per heavy atom. The molecule has 0 aromatic rings. The summed E-state index contributed by atoms with van der Waals surface area (Å²) in [5.41, 5.74) is 0. The molecule has 0 saturated carbocycles. The van der Waals surface area contributed by atoms with Crippen molar-refractivity contribution in [2.24, 2.45) is 0 Å². The molecular formula is C13H19F7O2. The van der Waals surface area contributed by atoms with Crippen LogP contribution in [-0.4, -0.2) is 43.9 Å². The number of hydrogen-bond donors (Lipinski definition) is 0. The summed E-state index contributed by atoms with van der Waals surface area (Å²) in [6.07, 6.45) is -5.58. The highest BCUT2D eigenvalue weighted by atomic mass is 19.4. The summed E-state index contributed by atoms with van der Waals surface area (Å²) in [6.45, 7) is 1.09. The third-order valence-electron chi connectivity index (χ3n) is 3.45. The summed E-state index contributed by atoms with van der Waals surface area (Å²) in [5, 5.41) is 0. The number of ether oxygens (including phenoxy) is 2. The van der Waals surface area contributed by atoms with E-state index in [0.29, 0.717) is 19.6 Å². The van der Waals surface area contributed by atoms with Gasteiger partial charge in [0, 0.05) is 26.2 Å². The van der Waals surface area contributed by atoms with E-state index in [1.165, 1.54) is 0 Å². The minimum atomic E-state index is -6.26. The minimum Gasteiger partial charge on any atom is -0.381 e. The monoisotopic (exact) mass is 340 g/mol. The van der Waals surface area contributed by atoms with Crippen molar-refractivity contribution in [1.29, 1.82) is 0 Å². The first-order chi connectivity index (χ1) is 10.1. The standard InChI is InChI=1S/C13H19F7O2/c14-11(15,12(16,17)13(18,19)20)6-1-2-7-21-9-5-10-4-3-8-22-10/h10H,1-9H2. The Bertz CT molecular complexity index is 325. The molecule has 132 valence electrons. The largest absolute Gasteiger partial charge is 0.459 e. The van der Waals surface area contributed by atoms with Crippen molar-refractivity contribution in [1.82, 2.24) is 0 Å². The van der Waals surface area contributed by atoms with Crippen molar-refractivity contribution in [3.05, 3.63) is 0 Å². The zero-order valence-corrected chi connectivity index (χ0v) is 11.9. The molecule has 1 unspecified atom stereocenters. The molecule has 0 aromatic carbocycles. The van der Waals surface area contributed by atoms with E-state index in [-0.39, 0.29) is 19.1 Å². The van der Waals surface area contributed by atoms with E-state index < -0.39 is 30.9 Å². The minimum absolute atomic E-state index is 0.00491. The van der Waals surface area contributed by atoms with E-state index >= 15 is 0 Å². The first-order valence-electron chi connectivity index (χ1n) is 7.09. The highest BCUT2D eigenvalue weighted by Crippen LogP contribution is 2.48. The van der Waals surface area contributed by atoms with Crippen LogP contribution in [0.15, 0.2) is 0 Å². The number of hydrogen-bond acceptors (Lipinski definition) is 2. The van der Waals surface area contributed by atoms with Crippen LogP contribution in [-0.2, 0) is 9.47 Å². The highest BCUT2D eigenvalue weighted by Gasteiger charge is 2.72. The molecule has 1 fully saturated rings. The number of halogens is 7. The molecule has 1 aliphatic rings. The molecule has 9 heteroatoms. The number of alkyl halides is 7. The summed E-state index contributed by atoms with van der Waals surface area (Å²) in [6, 6.07) is 0. The second kappa shape index (κ2) is 7.81. The molecule has 1 atom stereocenters. The lowest BCUT2D eigenvalue weighted by molar-refractivity contribution is -0.355. The third-order valence-corrected chi connectivity index (χ3v) is 3.45. The first kappa shape index (κ1) is 19.5. The summed E-state index contributed by atoms with van der Waals surface area (Å²) < 4.78 is 97.2. The van der Waals surface area contributed by atoms with E-state index in [1.54, 1.807) is 0 Å². The topological polar surface area (TPSA) is 18.5 Å². The van der Waals surface area contributed by atoms with Crippen molar-refractivity contribution >= 4 is 0 Å². The van der Waals surface area contributed by atoms with E-state index in [4.69, 9.17) is 9.47 Å². The van der Waals surface area contributed by atoms with Crippen LogP contribution in [0, 0.1) is 0 Å². The highest BCUT2D eigenvalue weighted by molar-refractivity contribution is 4.90. The molecule has 0 radical (unpaired) electrons. The van der Waals surface area contributed by atoms with Crippen LogP contribution in [0.5, 0.6) is 0 Å². The van der Waals surface area contributed by atoms with Crippen LogP contribution in [0.3, 0.4) is 0 Å². The van der Waals surface area contributed by atoms with E-state index in [0.717, 1.165) is 12.8 Å². The van der Waals surface area contributed by atoms with E-state index in [1.807, 2.05) is 0 Å². The van der Waals surface area contributed by atoms with Crippen LogP contribution in [0.25, 0.3) is 0 Å². The second-order valence-electron chi connectivity index (χ2n) is 5.27. The Labute approximate surface area is 123 Å². The molecule has 0 aromatic heterocycles. The molecule has 0 bridgehead atoms. The van der Waals surface area contributed by atoms with Gasteiger partial charge in [0.05, 0.1) is 6.10 Å². The predicted molar refractivity (Wildman–Crippen MR) is 64.2 cm³/mol. The van der Waals surface area contributed by atoms with Crippen LogP contribution in [0.4, 0.5) is 30.7 Å². The van der Waals surface area contributed by atoms with Gasteiger partial charge in [-0.15, -0.1) is 0 Å². The lowest BCUT2D eigenvalue weighted by Gasteiger charge is -2.28. The molecule has 1 aliphatic heterocycles. The Morgan fingerprint density at radius 1 is 0.955 bits per heavy atom. The second-order valence-corrected chi connectivity index (χ2v) is 5.27. The van der Waals surface area contributed by atoms with Gasteiger partial charge >= 0.3 is 18.0 Å². The van der Waals surface area contributed by atoms with Gasteiger partial charge in [-0.25, -0.2) is 0 Å². The lowest BCUT2D eigenvalue weighted by Crippen LogP contribution is -2.51. The van der Waals surface area contributed by atoms with Gasteiger partial charge in [0.25, 0.3) is 0 Å². The number of unbranched alkanes of at least 4 members (excludes halogenated alkanes) is 1. The SMILES string of the molecule is FC(F)(F)C(F)(F)C(F)(F)CCCCOCCC1CCCO1. The van der Waals surface area contributed by atoms with Gasteiger partial charge in [-0.05, 0) is 32.1 Å². The fourth-order valence-corrected chi connectivity index (χ4v) is 2.10. The zero-order valence-electron chi connectivity index (χ0n) is 11.9. The van der Waals surface area contributed by atoms with Gasteiger partial charge in [0.1, 0.15) is 0 Å². The van der Waals surface area contributed by atoms with Crippen LogP contribution >= 0.6 is 0 Å². The molecule has 1 saturated heterocycles. The normalized spacial score (nSPS) is 20.6. The van der Waals surface area contributed by atoms with Crippen LogP contribution in [0.1, 0.15) is 38.5 Å². The molecule has 0 spiro atoms. The molecule has 0 aliphatic carbocycles. The Morgan fingerprint density at radius 3 is 2.18 bits per heavy atom. The predicted octanol–water partition coefficient (Wildman–Crippen LogP) is 4.58. The van der Waals surface area contributed by atoms with Crippen molar-refractivity contribution in [2.45, 2.75) is 62.7 Å². The van der Waals surface area contributed by atoms with Crippen molar-refractivity contribution in [2.75, 3.05) is 19.8 Å². The van der Waals surface area contributed by atoms with E-state index in [9.17, 15) is 30.7 Å². The van der Waals surface area contributed by atoms with Crippen molar-refractivity contribution < 1.29 is 40.2 Å². The van der Waals surface area contributed by atoms with Gasteiger partial charge in [-0.3, -0.25) is 0 Å². The van der Waals surface area contributed by atoms with Crippen molar-refractivity contribution in [3.8, 4) is 0 Å². The van der Waals surface area contributed by atoms with E-state index in [2.05, 4.69) is 0 Å². The fourth-order valence-electron chi connectivity index (χ4n) is 2.10. The molecular weight excluding hydrogens is 321 g/mol. The average Bonchev–Trinajstić information content (AvgIpc) is 2.89. The van der Waals surface area contributed by atoms with Gasteiger partial charge in [-0.2, -0.15) is 30.7 Å². The maximum Gasteiger partial charge on any atom is 0.459 e. The first-order valence-corrected chi connectivity index (χ1v) is 7.09. The molecule has 0 amide bonds. The summed E-state index contributed by atoms with van der Waals surface area (Å²) in [7, 11) is 0. The maximum absolute atomic E-state index is 12.9. The molecule has 1 heterocycles. The Kier molecular flexibility index (Phi) is 6.91. The lowest BCUT2D eigenvalue weighted by atomic mass is 10.0. The Hall–Kier alpha value is -0.570. The number of rotatable bonds is 9. The van der Waals surface area contributed by atoms with Gasteiger partial charge < -0.3 is 9.47 Å². The van der Waals surface area contributed by atoms with Gasteiger partial charge in [0.15, 0.2) is 0 Å². The molecule has 22 heavy (non-hydrogen) atoms. The molecule has 1 rings (SSSR count).